The lowest BCUT2D eigenvalue weighted by molar-refractivity contribution is 0.317. The Morgan fingerprint density at radius 1 is 1.39 bits per heavy atom. The van der Waals surface area contributed by atoms with Crippen LogP contribution in [0.1, 0.15) is 38.2 Å². The smallest absolute Gasteiger partial charge is 0.232 e. The van der Waals surface area contributed by atoms with Gasteiger partial charge in [-0.25, -0.2) is 4.68 Å². The first-order chi connectivity index (χ1) is 8.49. The molecule has 2 heterocycles. The van der Waals surface area contributed by atoms with Gasteiger partial charge in [0.05, 0.1) is 11.9 Å². The summed E-state index contributed by atoms with van der Waals surface area (Å²) in [5.74, 6) is 1.24. The van der Waals surface area contributed by atoms with Crippen LogP contribution in [0.4, 0.5) is 0 Å². The highest BCUT2D eigenvalue weighted by Gasteiger charge is 2.21. The molecule has 0 spiro atoms. The molecule has 0 atom stereocenters. The van der Waals surface area contributed by atoms with Crippen molar-refractivity contribution in [2.75, 3.05) is 7.05 Å². The lowest BCUT2D eigenvalue weighted by atomic mass is 9.97. The summed E-state index contributed by atoms with van der Waals surface area (Å²) in [6.07, 6.45) is 1.86. The molecule has 0 aliphatic carbocycles. The van der Waals surface area contributed by atoms with Gasteiger partial charge in [-0.1, -0.05) is 31.1 Å². The average Bonchev–Trinajstić information content (AvgIpc) is 2.88. The van der Waals surface area contributed by atoms with Gasteiger partial charge in [0.15, 0.2) is 5.82 Å². The Kier molecular flexibility index (Phi) is 3.42. The van der Waals surface area contributed by atoms with Crippen molar-refractivity contribution < 1.29 is 4.52 Å². The van der Waals surface area contributed by atoms with Crippen molar-refractivity contribution in [2.24, 2.45) is 0 Å². The maximum absolute atomic E-state index is 5.22. The molecular weight excluding hydrogens is 232 g/mol. The highest BCUT2D eigenvalue weighted by Crippen LogP contribution is 2.19. The molecular formula is C11H18N6O. The van der Waals surface area contributed by atoms with Crippen LogP contribution in [0, 0.1) is 0 Å². The Balaban J connectivity index is 2.06. The van der Waals surface area contributed by atoms with Crippen LogP contribution in [-0.2, 0) is 18.5 Å². The first-order valence-corrected chi connectivity index (χ1v) is 5.85. The second-order valence-corrected chi connectivity index (χ2v) is 5.20. The van der Waals surface area contributed by atoms with Gasteiger partial charge in [0.25, 0.3) is 0 Å². The molecule has 0 fully saturated rings. The van der Waals surface area contributed by atoms with E-state index in [-0.39, 0.29) is 5.41 Å². The molecule has 0 aromatic carbocycles. The summed E-state index contributed by atoms with van der Waals surface area (Å²) in [5.41, 5.74) is 0.752. The lowest BCUT2D eigenvalue weighted by Crippen LogP contribution is -2.12. The SMILES string of the molecule is CNCc1cn(Cc2noc(C(C)(C)C)n2)nn1. The van der Waals surface area contributed by atoms with Crippen molar-refractivity contribution in [3.05, 3.63) is 23.6 Å². The van der Waals surface area contributed by atoms with Crippen LogP contribution < -0.4 is 5.32 Å². The largest absolute Gasteiger partial charge is 0.339 e. The van der Waals surface area contributed by atoms with E-state index in [0.717, 1.165) is 5.69 Å². The molecule has 7 nitrogen and oxygen atoms in total. The zero-order valence-electron chi connectivity index (χ0n) is 11.1. The quantitative estimate of drug-likeness (QED) is 0.861. The van der Waals surface area contributed by atoms with Crippen LogP contribution in [0.5, 0.6) is 0 Å². The number of hydrogen-bond donors (Lipinski definition) is 1. The van der Waals surface area contributed by atoms with E-state index in [9.17, 15) is 0 Å². The molecule has 0 amide bonds. The van der Waals surface area contributed by atoms with Crippen molar-refractivity contribution in [1.82, 2.24) is 30.5 Å². The molecule has 1 N–H and O–H groups in total. The van der Waals surface area contributed by atoms with E-state index < -0.39 is 0 Å². The topological polar surface area (TPSA) is 81.7 Å². The molecule has 0 aliphatic heterocycles. The summed E-state index contributed by atoms with van der Waals surface area (Å²) in [6.45, 7) is 7.26. The second kappa shape index (κ2) is 4.85. The Labute approximate surface area is 106 Å². The van der Waals surface area contributed by atoms with Gasteiger partial charge in [-0.3, -0.25) is 0 Å². The molecule has 98 valence electrons. The van der Waals surface area contributed by atoms with E-state index in [1.165, 1.54) is 0 Å². The predicted molar refractivity (Wildman–Crippen MR) is 64.9 cm³/mol. The van der Waals surface area contributed by atoms with Gasteiger partial charge < -0.3 is 9.84 Å². The number of aromatic nitrogens is 5. The monoisotopic (exact) mass is 250 g/mol. The lowest BCUT2D eigenvalue weighted by Gasteiger charge is -2.10. The number of nitrogens with one attached hydrogen (secondary N) is 1. The van der Waals surface area contributed by atoms with E-state index in [2.05, 4.69) is 25.8 Å². The maximum atomic E-state index is 5.22. The van der Waals surface area contributed by atoms with Gasteiger partial charge in [-0.05, 0) is 7.05 Å². The first kappa shape index (κ1) is 12.7. The highest BCUT2D eigenvalue weighted by atomic mass is 16.5. The summed E-state index contributed by atoms with van der Waals surface area (Å²) < 4.78 is 6.92. The van der Waals surface area contributed by atoms with Crippen LogP contribution >= 0.6 is 0 Å². The summed E-state index contributed by atoms with van der Waals surface area (Å²) in [4.78, 5) is 4.35. The normalized spacial score (nSPS) is 12.0. The molecule has 0 radical (unpaired) electrons. The molecule has 2 rings (SSSR count). The van der Waals surface area contributed by atoms with Crippen molar-refractivity contribution >= 4 is 0 Å². The predicted octanol–water partition coefficient (Wildman–Crippen LogP) is 0.726. The molecule has 0 aliphatic rings. The third kappa shape index (κ3) is 2.92. The van der Waals surface area contributed by atoms with E-state index in [4.69, 9.17) is 4.52 Å². The standard InChI is InChI=1S/C11H18N6O/c1-11(2,3)10-13-9(15-18-10)7-17-6-8(5-12-4)14-16-17/h6,12H,5,7H2,1-4H3. The minimum Gasteiger partial charge on any atom is -0.339 e. The minimum absolute atomic E-state index is 0.134. The molecule has 2 aromatic rings. The van der Waals surface area contributed by atoms with E-state index in [0.29, 0.717) is 24.8 Å². The van der Waals surface area contributed by atoms with Crippen LogP contribution in [-0.4, -0.2) is 32.2 Å². The minimum atomic E-state index is -0.134. The van der Waals surface area contributed by atoms with Gasteiger partial charge >= 0.3 is 0 Å². The zero-order valence-corrected chi connectivity index (χ0v) is 11.1. The average molecular weight is 250 g/mol. The third-order valence-electron chi connectivity index (χ3n) is 2.36. The van der Waals surface area contributed by atoms with Gasteiger partial charge in [-0.15, -0.1) is 5.10 Å². The molecule has 0 saturated heterocycles. The summed E-state index contributed by atoms with van der Waals surface area (Å²) >= 11 is 0. The van der Waals surface area contributed by atoms with Crippen LogP contribution in [0.15, 0.2) is 10.7 Å². The number of nitrogens with zero attached hydrogens (tertiary/aromatic N) is 5. The fourth-order valence-electron chi connectivity index (χ4n) is 1.45. The van der Waals surface area contributed by atoms with Gasteiger partial charge in [0.1, 0.15) is 6.54 Å². The Bertz CT molecular complexity index is 510. The van der Waals surface area contributed by atoms with E-state index in [1.807, 2.05) is 34.0 Å². The zero-order chi connectivity index (χ0) is 13.2. The molecule has 0 bridgehead atoms. The number of rotatable bonds is 4. The summed E-state index contributed by atoms with van der Waals surface area (Å²) in [6, 6.07) is 0. The van der Waals surface area contributed by atoms with Crippen LogP contribution in [0.25, 0.3) is 0 Å². The number of hydrogen-bond acceptors (Lipinski definition) is 6. The van der Waals surface area contributed by atoms with E-state index >= 15 is 0 Å². The van der Waals surface area contributed by atoms with Gasteiger partial charge in [-0.2, -0.15) is 4.98 Å². The first-order valence-electron chi connectivity index (χ1n) is 5.85. The Morgan fingerprint density at radius 3 is 2.78 bits per heavy atom. The van der Waals surface area contributed by atoms with Crippen molar-refractivity contribution in [3.63, 3.8) is 0 Å². The van der Waals surface area contributed by atoms with Crippen LogP contribution in [0.2, 0.25) is 0 Å². The fraction of sp³-hybridized carbons (Fsp3) is 0.636. The maximum Gasteiger partial charge on any atom is 0.232 e. The van der Waals surface area contributed by atoms with Crippen molar-refractivity contribution in [3.8, 4) is 0 Å². The molecule has 2 aromatic heterocycles. The summed E-state index contributed by atoms with van der Waals surface area (Å²) in [5, 5.41) is 15.0. The highest BCUT2D eigenvalue weighted by molar-refractivity contribution is 4.99. The molecule has 7 heteroatoms. The van der Waals surface area contributed by atoms with Gasteiger partial charge in [0.2, 0.25) is 5.89 Å². The van der Waals surface area contributed by atoms with Gasteiger partial charge in [0, 0.05) is 12.0 Å². The molecule has 18 heavy (non-hydrogen) atoms. The Hall–Kier alpha value is -1.76. The van der Waals surface area contributed by atoms with Crippen LogP contribution in [0.3, 0.4) is 0 Å². The third-order valence-corrected chi connectivity index (χ3v) is 2.36. The molecule has 0 unspecified atom stereocenters. The van der Waals surface area contributed by atoms with Crippen molar-refractivity contribution in [2.45, 2.75) is 39.3 Å². The molecule has 0 saturated carbocycles. The van der Waals surface area contributed by atoms with E-state index in [1.54, 1.807) is 4.68 Å². The van der Waals surface area contributed by atoms with Crippen molar-refractivity contribution in [1.29, 1.82) is 0 Å². The second-order valence-electron chi connectivity index (χ2n) is 5.20. The Morgan fingerprint density at radius 2 is 2.17 bits per heavy atom. The summed E-state index contributed by atoms with van der Waals surface area (Å²) in [7, 11) is 1.87. The fourth-order valence-corrected chi connectivity index (χ4v) is 1.45.